The zero-order valence-corrected chi connectivity index (χ0v) is 18.6. The van der Waals surface area contributed by atoms with Crippen molar-refractivity contribution >= 4 is 17.2 Å². The number of nitrogens with zero attached hydrogens (tertiary/aromatic N) is 4. The molecule has 0 saturated carbocycles. The summed E-state index contributed by atoms with van der Waals surface area (Å²) in [7, 11) is 0. The van der Waals surface area contributed by atoms with E-state index in [0.717, 1.165) is 51.5 Å². The number of hydrogen-bond donors (Lipinski definition) is 0. The second-order valence-electron chi connectivity index (χ2n) is 7.86. The van der Waals surface area contributed by atoms with Gasteiger partial charge in [-0.3, -0.25) is 9.69 Å². The van der Waals surface area contributed by atoms with Crippen LogP contribution < -0.4 is 0 Å². The lowest BCUT2D eigenvalue weighted by Gasteiger charge is -2.23. The molecule has 4 rings (SSSR count). The fraction of sp³-hybridized carbons (Fsp3) is 0.417. The highest BCUT2D eigenvalue weighted by atomic mass is 32.1. The third-order valence-electron chi connectivity index (χ3n) is 5.96. The Kier molecular flexibility index (Phi) is 6.65. The minimum atomic E-state index is -0.0231. The van der Waals surface area contributed by atoms with Crippen LogP contribution in [0.2, 0.25) is 0 Å². The normalized spacial score (nSPS) is 18.0. The van der Waals surface area contributed by atoms with Crippen LogP contribution in [-0.2, 0) is 24.3 Å². The largest absolute Gasteiger partial charge is 0.341 e. The molecule has 0 N–H and O–H groups in total. The number of thiophene rings is 1. The SMILES string of the molecule is CCN1CCN(Cc2nccn2CC)C[C@H](Cc2ccc(-c3cccs3)cc2)C1=O. The van der Waals surface area contributed by atoms with E-state index in [-0.39, 0.29) is 11.8 Å². The van der Waals surface area contributed by atoms with Gasteiger partial charge >= 0.3 is 0 Å². The summed E-state index contributed by atoms with van der Waals surface area (Å²) in [6.45, 7) is 9.15. The summed E-state index contributed by atoms with van der Waals surface area (Å²) in [6.07, 6.45) is 4.68. The smallest absolute Gasteiger partial charge is 0.227 e. The van der Waals surface area contributed by atoms with Crippen molar-refractivity contribution in [2.45, 2.75) is 33.4 Å². The van der Waals surface area contributed by atoms with Crippen molar-refractivity contribution in [2.24, 2.45) is 5.92 Å². The van der Waals surface area contributed by atoms with Gasteiger partial charge in [0.15, 0.2) is 0 Å². The van der Waals surface area contributed by atoms with Crippen molar-refractivity contribution in [1.29, 1.82) is 0 Å². The molecule has 0 aliphatic carbocycles. The maximum absolute atomic E-state index is 13.2. The van der Waals surface area contributed by atoms with E-state index in [4.69, 9.17) is 0 Å². The molecule has 0 spiro atoms. The topological polar surface area (TPSA) is 41.4 Å². The Morgan fingerprint density at radius 1 is 1.10 bits per heavy atom. The molecule has 0 bridgehead atoms. The first kappa shape index (κ1) is 20.8. The molecule has 1 fully saturated rings. The molecule has 158 valence electrons. The molecule has 1 aliphatic rings. The molecule has 1 atom stereocenters. The summed E-state index contributed by atoms with van der Waals surface area (Å²) >= 11 is 1.75. The second kappa shape index (κ2) is 9.58. The van der Waals surface area contributed by atoms with Gasteiger partial charge in [0.25, 0.3) is 0 Å². The summed E-state index contributed by atoms with van der Waals surface area (Å²) in [5, 5.41) is 2.10. The lowest BCUT2D eigenvalue weighted by atomic mass is 9.96. The minimum Gasteiger partial charge on any atom is -0.341 e. The van der Waals surface area contributed by atoms with Crippen molar-refractivity contribution in [2.75, 3.05) is 26.2 Å². The van der Waals surface area contributed by atoms with Crippen LogP contribution in [-0.4, -0.2) is 51.4 Å². The van der Waals surface area contributed by atoms with Crippen molar-refractivity contribution in [3.05, 3.63) is 65.6 Å². The Hall–Kier alpha value is -2.44. The Bertz CT molecular complexity index is 948. The van der Waals surface area contributed by atoms with Gasteiger partial charge in [-0.25, -0.2) is 4.98 Å². The number of carbonyl (C=O) groups is 1. The van der Waals surface area contributed by atoms with Crippen molar-refractivity contribution in [1.82, 2.24) is 19.4 Å². The third kappa shape index (κ3) is 4.65. The molecule has 5 nitrogen and oxygen atoms in total. The van der Waals surface area contributed by atoms with Gasteiger partial charge in [-0.2, -0.15) is 0 Å². The molecule has 3 heterocycles. The lowest BCUT2D eigenvalue weighted by molar-refractivity contribution is -0.134. The summed E-state index contributed by atoms with van der Waals surface area (Å²) < 4.78 is 2.18. The van der Waals surface area contributed by atoms with Crippen molar-refractivity contribution in [3.8, 4) is 10.4 Å². The number of imidazole rings is 1. The molecule has 2 aromatic heterocycles. The highest BCUT2D eigenvalue weighted by Crippen LogP contribution is 2.26. The molecule has 30 heavy (non-hydrogen) atoms. The zero-order valence-electron chi connectivity index (χ0n) is 17.8. The summed E-state index contributed by atoms with van der Waals surface area (Å²) in [5.41, 5.74) is 2.46. The van der Waals surface area contributed by atoms with Gasteiger partial charge in [-0.15, -0.1) is 11.3 Å². The van der Waals surface area contributed by atoms with Crippen LogP contribution in [0.15, 0.2) is 54.2 Å². The monoisotopic (exact) mass is 422 g/mol. The van der Waals surface area contributed by atoms with Gasteiger partial charge in [0.05, 0.1) is 12.5 Å². The van der Waals surface area contributed by atoms with E-state index in [9.17, 15) is 4.79 Å². The van der Waals surface area contributed by atoms with E-state index in [2.05, 4.69) is 70.1 Å². The number of carbonyl (C=O) groups excluding carboxylic acids is 1. The Morgan fingerprint density at radius 2 is 1.93 bits per heavy atom. The Labute approximate surface area is 183 Å². The number of hydrogen-bond acceptors (Lipinski definition) is 4. The molecular weight excluding hydrogens is 392 g/mol. The maximum Gasteiger partial charge on any atom is 0.227 e. The van der Waals surface area contributed by atoms with Crippen molar-refractivity contribution in [3.63, 3.8) is 0 Å². The van der Waals surface area contributed by atoms with E-state index in [1.165, 1.54) is 16.0 Å². The van der Waals surface area contributed by atoms with E-state index in [1.807, 2.05) is 17.3 Å². The number of aryl methyl sites for hydroxylation is 1. The predicted octanol–water partition coefficient (Wildman–Crippen LogP) is 4.15. The van der Waals surface area contributed by atoms with Crippen LogP contribution in [0.4, 0.5) is 0 Å². The summed E-state index contributed by atoms with van der Waals surface area (Å²) in [6, 6.07) is 12.9. The molecule has 6 heteroatoms. The summed E-state index contributed by atoms with van der Waals surface area (Å²) in [5.74, 6) is 1.33. The zero-order chi connectivity index (χ0) is 20.9. The molecule has 1 aliphatic heterocycles. The van der Waals surface area contributed by atoms with E-state index in [0.29, 0.717) is 0 Å². The maximum atomic E-state index is 13.2. The number of likely N-dealkylation sites (N-methyl/N-ethyl adjacent to an activating group) is 1. The van der Waals surface area contributed by atoms with Gasteiger partial charge in [-0.05, 0) is 42.8 Å². The number of benzene rings is 1. The number of rotatable bonds is 7. The minimum absolute atomic E-state index is 0.0231. The van der Waals surface area contributed by atoms with Gasteiger partial charge < -0.3 is 9.47 Å². The van der Waals surface area contributed by atoms with Gasteiger partial charge in [0, 0.05) is 50.0 Å². The average molecular weight is 423 g/mol. The second-order valence-corrected chi connectivity index (χ2v) is 8.81. The predicted molar refractivity (Wildman–Crippen MR) is 122 cm³/mol. The first-order valence-corrected chi connectivity index (χ1v) is 11.7. The lowest BCUT2D eigenvalue weighted by Crippen LogP contribution is -2.37. The summed E-state index contributed by atoms with van der Waals surface area (Å²) in [4.78, 5) is 23.4. The fourth-order valence-corrected chi connectivity index (χ4v) is 4.97. The van der Waals surface area contributed by atoms with E-state index >= 15 is 0 Å². The number of amides is 1. The first-order chi connectivity index (χ1) is 14.7. The highest BCUT2D eigenvalue weighted by molar-refractivity contribution is 7.13. The van der Waals surface area contributed by atoms with E-state index < -0.39 is 0 Å². The van der Waals surface area contributed by atoms with Crippen LogP contribution >= 0.6 is 11.3 Å². The van der Waals surface area contributed by atoms with Crippen molar-refractivity contribution < 1.29 is 4.79 Å². The van der Waals surface area contributed by atoms with E-state index in [1.54, 1.807) is 11.3 Å². The Balaban J connectivity index is 1.49. The molecule has 0 unspecified atom stereocenters. The highest BCUT2D eigenvalue weighted by Gasteiger charge is 2.30. The quantitative estimate of drug-likeness (QED) is 0.574. The van der Waals surface area contributed by atoms with Crippen LogP contribution in [0.25, 0.3) is 10.4 Å². The Morgan fingerprint density at radius 3 is 2.63 bits per heavy atom. The third-order valence-corrected chi connectivity index (χ3v) is 6.88. The standard InChI is InChI=1S/C24H30N4OS/c1-3-27-12-11-25-23(27)18-26-13-14-28(4-2)24(29)21(17-26)16-19-7-9-20(10-8-19)22-6-5-15-30-22/h5-12,15,21H,3-4,13-14,16-18H2,1-2H3/t21-/m0/s1. The van der Waals surface area contributed by atoms with Gasteiger partial charge in [-0.1, -0.05) is 30.3 Å². The van der Waals surface area contributed by atoms with Gasteiger partial charge in [0.1, 0.15) is 5.82 Å². The van der Waals surface area contributed by atoms with Crippen LogP contribution in [0.1, 0.15) is 25.2 Å². The molecule has 0 radical (unpaired) electrons. The van der Waals surface area contributed by atoms with Crippen LogP contribution in [0.3, 0.4) is 0 Å². The first-order valence-electron chi connectivity index (χ1n) is 10.8. The van der Waals surface area contributed by atoms with Crippen LogP contribution in [0, 0.1) is 5.92 Å². The molecule has 1 saturated heterocycles. The molecular formula is C24H30N4OS. The molecule has 1 aromatic carbocycles. The average Bonchev–Trinajstić information content (AvgIpc) is 3.43. The molecule has 3 aromatic rings. The van der Waals surface area contributed by atoms with Crippen LogP contribution in [0.5, 0.6) is 0 Å². The van der Waals surface area contributed by atoms with Gasteiger partial charge in [0.2, 0.25) is 5.91 Å². The number of aromatic nitrogens is 2. The fourth-order valence-electron chi connectivity index (χ4n) is 4.23. The molecule has 1 amide bonds.